The Labute approximate surface area is 139 Å². The van der Waals surface area contributed by atoms with E-state index in [9.17, 15) is 0 Å². The third-order valence-electron chi connectivity index (χ3n) is 4.15. The molecule has 0 aliphatic carbocycles. The Morgan fingerprint density at radius 3 is 2.14 bits per heavy atom. The smallest absolute Gasteiger partial charge is 0.119 e. The van der Waals surface area contributed by atoms with Gasteiger partial charge in [-0.3, -0.25) is 0 Å². The quantitative estimate of drug-likeness (QED) is 0.305. The molecule has 1 radical (unpaired) electrons. The third kappa shape index (κ3) is 6.80. The molecule has 0 aliphatic rings. The highest BCUT2D eigenvalue weighted by molar-refractivity contribution is 6.79. The van der Waals surface area contributed by atoms with E-state index < -0.39 is 8.07 Å². The van der Waals surface area contributed by atoms with E-state index in [2.05, 4.69) is 69.2 Å². The number of hydrogen-bond acceptors (Lipinski definition) is 1. The molecule has 1 nitrogen and oxygen atoms in total. The van der Waals surface area contributed by atoms with Crippen molar-refractivity contribution < 1.29 is 4.74 Å². The van der Waals surface area contributed by atoms with Crippen molar-refractivity contribution in [1.29, 1.82) is 0 Å². The minimum Gasteiger partial charge on any atom is -0.494 e. The molecule has 0 amide bonds. The molecule has 0 spiro atoms. The highest BCUT2D eigenvalue weighted by atomic mass is 28.3. The SMILES string of the molecule is C=CC[Si](C)(CC=C)CCCCOc1ccc([Si](C)C)cc1. The fourth-order valence-corrected chi connectivity index (χ4v) is 6.62. The molecule has 0 bridgehead atoms. The van der Waals surface area contributed by atoms with Crippen LogP contribution in [0.25, 0.3) is 0 Å². The maximum atomic E-state index is 5.86. The maximum Gasteiger partial charge on any atom is 0.119 e. The summed E-state index contributed by atoms with van der Waals surface area (Å²) in [6.45, 7) is 15.7. The van der Waals surface area contributed by atoms with Crippen molar-refractivity contribution in [2.45, 2.75) is 50.6 Å². The highest BCUT2D eigenvalue weighted by Crippen LogP contribution is 2.24. The number of benzene rings is 1. The van der Waals surface area contributed by atoms with Crippen molar-refractivity contribution in [1.82, 2.24) is 0 Å². The molecule has 0 N–H and O–H groups in total. The molecule has 0 saturated carbocycles. The predicted octanol–water partition coefficient (Wildman–Crippen LogP) is 5.26. The van der Waals surface area contributed by atoms with Crippen molar-refractivity contribution in [3.8, 4) is 5.75 Å². The summed E-state index contributed by atoms with van der Waals surface area (Å²) in [6, 6.07) is 12.4. The lowest BCUT2D eigenvalue weighted by Gasteiger charge is -2.24. The molecule has 0 atom stereocenters. The number of ether oxygens (including phenoxy) is 1. The van der Waals surface area contributed by atoms with Gasteiger partial charge in [-0.25, -0.2) is 0 Å². The van der Waals surface area contributed by atoms with E-state index in [1.54, 1.807) is 0 Å². The molecule has 0 unspecified atom stereocenters. The normalized spacial score (nSPS) is 11.5. The summed E-state index contributed by atoms with van der Waals surface area (Å²) in [5.41, 5.74) is 0. The Bertz CT molecular complexity index is 441. The lowest BCUT2D eigenvalue weighted by atomic mass is 10.3. The zero-order valence-corrected chi connectivity index (χ0v) is 16.5. The van der Waals surface area contributed by atoms with Crippen molar-refractivity contribution in [2.24, 2.45) is 0 Å². The second-order valence-electron chi connectivity index (χ2n) is 6.63. The Hall–Kier alpha value is -1.07. The molecule has 121 valence electrons. The van der Waals surface area contributed by atoms with E-state index in [-0.39, 0.29) is 8.80 Å². The highest BCUT2D eigenvalue weighted by Gasteiger charge is 2.22. The van der Waals surface area contributed by atoms with E-state index in [1.807, 2.05) is 0 Å². The number of unbranched alkanes of at least 4 members (excludes halogenated alkanes) is 1. The first-order valence-electron chi connectivity index (χ1n) is 8.26. The predicted molar refractivity (Wildman–Crippen MR) is 105 cm³/mol. The van der Waals surface area contributed by atoms with Gasteiger partial charge in [0, 0.05) is 0 Å². The summed E-state index contributed by atoms with van der Waals surface area (Å²) in [7, 11) is -1.54. The first-order chi connectivity index (χ1) is 10.5. The largest absolute Gasteiger partial charge is 0.494 e. The summed E-state index contributed by atoms with van der Waals surface area (Å²) in [4.78, 5) is 0. The molecular weight excluding hydrogens is 300 g/mol. The van der Waals surface area contributed by atoms with Gasteiger partial charge in [0.1, 0.15) is 5.75 Å². The molecular formula is C19H31OSi2. The van der Waals surface area contributed by atoms with Crippen LogP contribution >= 0.6 is 0 Å². The zero-order chi connectivity index (χ0) is 16.4. The van der Waals surface area contributed by atoms with Gasteiger partial charge in [-0.05, 0) is 30.6 Å². The monoisotopic (exact) mass is 331 g/mol. The van der Waals surface area contributed by atoms with E-state index in [0.717, 1.165) is 18.8 Å². The second-order valence-corrected chi connectivity index (χ2v) is 14.1. The molecule has 0 heterocycles. The van der Waals surface area contributed by atoms with Crippen LogP contribution in [-0.2, 0) is 0 Å². The molecule has 3 heteroatoms. The Morgan fingerprint density at radius 2 is 1.64 bits per heavy atom. The summed E-state index contributed by atoms with van der Waals surface area (Å²) in [5, 5.41) is 1.47. The fraction of sp³-hybridized carbons (Fsp3) is 0.474. The first-order valence-corrected chi connectivity index (χ1v) is 13.9. The molecule has 0 aliphatic heterocycles. The summed E-state index contributed by atoms with van der Waals surface area (Å²) in [6.07, 6.45) is 6.56. The van der Waals surface area contributed by atoms with Crippen LogP contribution in [0.4, 0.5) is 0 Å². The van der Waals surface area contributed by atoms with Gasteiger partial charge in [0.2, 0.25) is 0 Å². The van der Waals surface area contributed by atoms with Crippen molar-refractivity contribution in [3.63, 3.8) is 0 Å². The van der Waals surface area contributed by atoms with Crippen LogP contribution in [0.5, 0.6) is 5.75 Å². The van der Waals surface area contributed by atoms with Crippen molar-refractivity contribution >= 4 is 22.1 Å². The van der Waals surface area contributed by atoms with Gasteiger partial charge >= 0.3 is 0 Å². The summed E-state index contributed by atoms with van der Waals surface area (Å²) in [5.74, 6) is 1.00. The van der Waals surface area contributed by atoms with Crippen LogP contribution in [0.1, 0.15) is 12.8 Å². The topological polar surface area (TPSA) is 9.23 Å². The summed E-state index contributed by atoms with van der Waals surface area (Å²) >= 11 is 0. The number of rotatable bonds is 11. The van der Waals surface area contributed by atoms with Crippen LogP contribution < -0.4 is 9.92 Å². The van der Waals surface area contributed by atoms with Crippen molar-refractivity contribution in [3.05, 3.63) is 49.6 Å². The Kier molecular flexibility index (Phi) is 8.50. The minimum absolute atomic E-state index is 0.351. The van der Waals surface area contributed by atoms with E-state index in [4.69, 9.17) is 4.74 Å². The van der Waals surface area contributed by atoms with Crippen LogP contribution in [0.2, 0.25) is 37.8 Å². The molecule has 0 fully saturated rings. The van der Waals surface area contributed by atoms with Crippen LogP contribution in [0.3, 0.4) is 0 Å². The zero-order valence-electron chi connectivity index (χ0n) is 14.5. The molecule has 0 saturated heterocycles. The molecule has 1 aromatic carbocycles. The van der Waals surface area contributed by atoms with Gasteiger partial charge in [-0.2, -0.15) is 0 Å². The Balaban J connectivity index is 2.29. The van der Waals surface area contributed by atoms with Gasteiger partial charge in [0.15, 0.2) is 0 Å². The number of allylic oxidation sites excluding steroid dienone is 2. The van der Waals surface area contributed by atoms with Crippen molar-refractivity contribution in [2.75, 3.05) is 6.61 Å². The Morgan fingerprint density at radius 1 is 1.05 bits per heavy atom. The standard InChI is InChI=1S/C19H31OSi2/c1-6-15-22(5,16-7-2)17-9-8-14-20-18-10-12-19(13-11-18)21(3)4/h6-7,10-13H,1-2,8-9,14-17H2,3-5H3. The minimum atomic E-state index is -1.19. The van der Waals surface area contributed by atoms with Gasteiger partial charge in [0.25, 0.3) is 0 Å². The number of hydrogen-bond donors (Lipinski definition) is 0. The molecule has 1 rings (SSSR count). The van der Waals surface area contributed by atoms with E-state index in [1.165, 1.54) is 29.7 Å². The lowest BCUT2D eigenvalue weighted by Crippen LogP contribution is -2.28. The molecule has 0 aromatic heterocycles. The fourth-order valence-electron chi connectivity index (χ4n) is 2.71. The van der Waals surface area contributed by atoms with Gasteiger partial charge < -0.3 is 4.74 Å². The van der Waals surface area contributed by atoms with E-state index in [0.29, 0.717) is 0 Å². The molecule has 22 heavy (non-hydrogen) atoms. The van der Waals surface area contributed by atoms with Gasteiger partial charge in [-0.15, -0.1) is 13.2 Å². The average Bonchev–Trinajstić information content (AvgIpc) is 2.48. The summed E-state index contributed by atoms with van der Waals surface area (Å²) < 4.78 is 5.86. The van der Waals surface area contributed by atoms with Crippen LogP contribution in [0, 0.1) is 0 Å². The first kappa shape index (κ1) is 19.0. The average molecular weight is 332 g/mol. The van der Waals surface area contributed by atoms with Crippen LogP contribution in [0.15, 0.2) is 49.6 Å². The molecule has 1 aromatic rings. The van der Waals surface area contributed by atoms with Gasteiger partial charge in [-0.1, -0.05) is 61.6 Å². The maximum absolute atomic E-state index is 5.86. The van der Waals surface area contributed by atoms with Crippen LogP contribution in [-0.4, -0.2) is 23.5 Å². The lowest BCUT2D eigenvalue weighted by molar-refractivity contribution is 0.309. The second kappa shape index (κ2) is 9.85. The van der Waals surface area contributed by atoms with E-state index >= 15 is 0 Å². The third-order valence-corrected chi connectivity index (χ3v) is 9.75. The van der Waals surface area contributed by atoms with Gasteiger partial charge in [0.05, 0.1) is 23.5 Å².